The average Bonchev–Trinajstić information content (AvgIpc) is 2.81. The van der Waals surface area contributed by atoms with Gasteiger partial charge in [0.05, 0.1) is 24.3 Å². The maximum atomic E-state index is 13.6. The van der Waals surface area contributed by atoms with Crippen molar-refractivity contribution in [1.82, 2.24) is 15.1 Å². The van der Waals surface area contributed by atoms with E-state index in [9.17, 15) is 31.9 Å². The van der Waals surface area contributed by atoms with Crippen molar-refractivity contribution in [3.05, 3.63) is 29.0 Å². The van der Waals surface area contributed by atoms with Crippen LogP contribution in [0.3, 0.4) is 0 Å². The third kappa shape index (κ3) is 9.66. The Morgan fingerprint density at radius 1 is 1.07 bits per heavy atom. The van der Waals surface area contributed by atoms with Crippen LogP contribution in [0.5, 0.6) is 5.75 Å². The number of hydrogen-bond donors (Lipinski definition) is 1. The van der Waals surface area contributed by atoms with Crippen LogP contribution in [0.15, 0.2) is 18.2 Å². The van der Waals surface area contributed by atoms with Crippen molar-refractivity contribution in [2.45, 2.75) is 63.8 Å². The Hall–Kier alpha value is -2.84. The highest BCUT2D eigenvalue weighted by atomic mass is 35.5. The van der Waals surface area contributed by atoms with Gasteiger partial charge in [0.15, 0.2) is 6.61 Å². The predicted molar refractivity (Wildman–Crippen MR) is 133 cm³/mol. The zero-order valence-corrected chi connectivity index (χ0v) is 23.0. The highest BCUT2D eigenvalue weighted by molar-refractivity contribution is 6.30. The third-order valence-corrected chi connectivity index (χ3v) is 6.29. The summed E-state index contributed by atoms with van der Waals surface area (Å²) in [7, 11) is 0. The first kappa shape index (κ1) is 31.7. The van der Waals surface area contributed by atoms with Crippen LogP contribution in [0.2, 0.25) is 5.02 Å². The van der Waals surface area contributed by atoms with E-state index in [1.54, 1.807) is 20.8 Å². The normalized spacial score (nSPS) is 20.1. The molecule has 2 atom stereocenters. The van der Waals surface area contributed by atoms with Gasteiger partial charge in [0.25, 0.3) is 5.91 Å². The maximum Gasteiger partial charge on any atom is 0.522 e. The standard InChI is InChI=1S/C25H32ClF4N3O7/c1-24(2,3)40-23(36)33-11-15(31-21(34)14-38-16-5-6-18(26)19(27)10-16)4-7-20(33)22(35)32-12-17(13-32)37-8-9-39-25(28,29)30/h5-6,10,15,17,20H,4,7-9,11-14H2,1-3H3,(H,31,34)/t15?,20-/m0/s1. The SMILES string of the molecule is CC(C)(C)OC(=O)N1CC(NC(=O)COc2ccc(Cl)c(F)c2)CC[C@H]1C(=O)N1CC(OCCOC(F)(F)F)C1. The van der Waals surface area contributed by atoms with Gasteiger partial charge in [0.2, 0.25) is 5.91 Å². The molecule has 1 aromatic rings. The minimum absolute atomic E-state index is 0.00478. The zero-order valence-electron chi connectivity index (χ0n) is 22.3. The molecule has 2 aliphatic rings. The Morgan fingerprint density at radius 3 is 2.40 bits per heavy atom. The fourth-order valence-electron chi connectivity index (χ4n) is 4.16. The van der Waals surface area contributed by atoms with Gasteiger partial charge in [-0.05, 0) is 45.7 Å². The van der Waals surface area contributed by atoms with Crippen LogP contribution >= 0.6 is 11.6 Å². The molecule has 0 aliphatic carbocycles. The molecule has 10 nitrogen and oxygen atoms in total. The number of carbonyl (C=O) groups excluding carboxylic acids is 3. The molecule has 1 aromatic carbocycles. The molecule has 2 heterocycles. The summed E-state index contributed by atoms with van der Waals surface area (Å²) in [5.41, 5.74) is -0.837. The third-order valence-electron chi connectivity index (χ3n) is 5.98. The second-order valence-electron chi connectivity index (χ2n) is 10.4. The summed E-state index contributed by atoms with van der Waals surface area (Å²) in [4.78, 5) is 41.4. The highest BCUT2D eigenvalue weighted by Crippen LogP contribution is 2.25. The van der Waals surface area contributed by atoms with E-state index in [2.05, 4.69) is 10.1 Å². The van der Waals surface area contributed by atoms with Crippen LogP contribution in [0, 0.1) is 5.82 Å². The molecule has 224 valence electrons. The summed E-state index contributed by atoms with van der Waals surface area (Å²) in [6.45, 7) is 4.02. The highest BCUT2D eigenvalue weighted by Gasteiger charge is 2.43. The second-order valence-corrected chi connectivity index (χ2v) is 10.8. The minimum Gasteiger partial charge on any atom is -0.484 e. The molecule has 1 N–H and O–H groups in total. The van der Waals surface area contributed by atoms with Gasteiger partial charge in [-0.2, -0.15) is 0 Å². The summed E-state index contributed by atoms with van der Waals surface area (Å²) >= 11 is 5.64. The van der Waals surface area contributed by atoms with Crippen molar-refractivity contribution < 1.29 is 50.9 Å². The number of ether oxygens (including phenoxy) is 4. The molecule has 0 bridgehead atoms. The molecular weight excluding hydrogens is 566 g/mol. The van der Waals surface area contributed by atoms with E-state index in [-0.39, 0.29) is 49.3 Å². The number of amides is 3. The number of hydrogen-bond acceptors (Lipinski definition) is 7. The summed E-state index contributed by atoms with van der Waals surface area (Å²) < 4.78 is 69.5. The van der Waals surface area contributed by atoms with E-state index >= 15 is 0 Å². The first-order valence-corrected chi connectivity index (χ1v) is 13.0. The predicted octanol–water partition coefficient (Wildman–Crippen LogP) is 3.51. The first-order chi connectivity index (χ1) is 18.6. The van der Waals surface area contributed by atoms with Crippen molar-refractivity contribution in [3.63, 3.8) is 0 Å². The summed E-state index contributed by atoms with van der Waals surface area (Å²) in [5, 5.41) is 2.67. The Bertz CT molecular complexity index is 1060. The van der Waals surface area contributed by atoms with Crippen LogP contribution in [0.4, 0.5) is 22.4 Å². The first-order valence-electron chi connectivity index (χ1n) is 12.6. The molecule has 2 aliphatic heterocycles. The monoisotopic (exact) mass is 597 g/mol. The van der Waals surface area contributed by atoms with Gasteiger partial charge in [0.1, 0.15) is 23.2 Å². The molecule has 2 fully saturated rings. The second kappa shape index (κ2) is 13.2. The van der Waals surface area contributed by atoms with Crippen LogP contribution in [0.1, 0.15) is 33.6 Å². The van der Waals surface area contributed by atoms with Crippen LogP contribution < -0.4 is 10.1 Å². The zero-order chi connectivity index (χ0) is 29.7. The van der Waals surface area contributed by atoms with Crippen LogP contribution in [0.25, 0.3) is 0 Å². The van der Waals surface area contributed by atoms with E-state index in [1.807, 2.05) is 0 Å². The Labute approximate surface area is 233 Å². The number of piperidine rings is 1. The molecule has 0 saturated carbocycles. The van der Waals surface area contributed by atoms with Gasteiger partial charge < -0.3 is 24.4 Å². The molecule has 0 spiro atoms. The average molecular weight is 598 g/mol. The van der Waals surface area contributed by atoms with E-state index in [1.165, 1.54) is 21.9 Å². The number of carbonyl (C=O) groups is 3. The van der Waals surface area contributed by atoms with Gasteiger partial charge in [-0.1, -0.05) is 11.6 Å². The topological polar surface area (TPSA) is 107 Å². The van der Waals surface area contributed by atoms with Crippen molar-refractivity contribution in [2.75, 3.05) is 39.5 Å². The summed E-state index contributed by atoms with van der Waals surface area (Å²) in [6, 6.07) is 2.41. The lowest BCUT2D eigenvalue weighted by Gasteiger charge is -2.45. The lowest BCUT2D eigenvalue weighted by Crippen LogP contribution is -2.64. The number of nitrogens with one attached hydrogen (secondary N) is 1. The Balaban J connectivity index is 1.53. The number of halogens is 5. The summed E-state index contributed by atoms with van der Waals surface area (Å²) in [5.74, 6) is -1.43. The van der Waals surface area contributed by atoms with Gasteiger partial charge in [-0.15, -0.1) is 13.2 Å². The minimum atomic E-state index is -4.74. The quantitative estimate of drug-likeness (QED) is 0.343. The number of likely N-dealkylation sites (tertiary alicyclic amines) is 2. The molecule has 3 rings (SSSR count). The molecule has 0 radical (unpaired) electrons. The van der Waals surface area contributed by atoms with Crippen molar-refractivity contribution in [1.29, 1.82) is 0 Å². The van der Waals surface area contributed by atoms with Gasteiger partial charge in [-0.25, -0.2) is 9.18 Å². The number of benzene rings is 1. The number of nitrogens with zero attached hydrogens (tertiary/aromatic N) is 2. The Kier molecular flexibility index (Phi) is 10.5. The van der Waals surface area contributed by atoms with Crippen LogP contribution in [-0.2, 0) is 23.8 Å². The van der Waals surface area contributed by atoms with Crippen molar-refractivity contribution in [2.24, 2.45) is 0 Å². The molecule has 40 heavy (non-hydrogen) atoms. The fourth-order valence-corrected chi connectivity index (χ4v) is 4.28. The van der Waals surface area contributed by atoms with Gasteiger partial charge >= 0.3 is 12.5 Å². The fraction of sp³-hybridized carbons (Fsp3) is 0.640. The number of alkyl halides is 3. The smallest absolute Gasteiger partial charge is 0.484 e. The molecule has 0 aromatic heterocycles. The molecule has 2 saturated heterocycles. The lowest BCUT2D eigenvalue weighted by molar-refractivity contribution is -0.328. The van der Waals surface area contributed by atoms with Crippen LogP contribution in [-0.4, -0.2) is 97.3 Å². The Morgan fingerprint density at radius 2 is 1.77 bits per heavy atom. The maximum absolute atomic E-state index is 13.6. The lowest BCUT2D eigenvalue weighted by atomic mass is 9.96. The molecule has 15 heteroatoms. The van der Waals surface area contributed by atoms with Crippen molar-refractivity contribution in [3.8, 4) is 5.75 Å². The van der Waals surface area contributed by atoms with E-state index in [4.69, 9.17) is 25.8 Å². The molecule has 3 amide bonds. The van der Waals surface area contributed by atoms with E-state index < -0.39 is 61.2 Å². The number of rotatable bonds is 9. The summed E-state index contributed by atoms with van der Waals surface area (Å²) in [6.07, 6.45) is -5.30. The largest absolute Gasteiger partial charge is 0.522 e. The molecular formula is C25H32ClF4N3O7. The van der Waals surface area contributed by atoms with Gasteiger partial charge in [0, 0.05) is 31.7 Å². The molecule has 1 unspecified atom stereocenters. The van der Waals surface area contributed by atoms with Crippen molar-refractivity contribution >= 4 is 29.5 Å². The van der Waals surface area contributed by atoms with E-state index in [0.717, 1.165) is 6.07 Å². The van der Waals surface area contributed by atoms with E-state index in [0.29, 0.717) is 6.42 Å². The van der Waals surface area contributed by atoms with Gasteiger partial charge in [-0.3, -0.25) is 19.2 Å².